The maximum absolute atomic E-state index is 13.6. The maximum atomic E-state index is 13.6. The van der Waals surface area contributed by atoms with Gasteiger partial charge in [-0.15, -0.1) is 0 Å². The van der Waals surface area contributed by atoms with Crippen LogP contribution >= 0.6 is 0 Å². The highest BCUT2D eigenvalue weighted by Crippen LogP contribution is 2.29. The largest absolute Gasteiger partial charge is 0.494 e. The molecule has 18 heavy (non-hydrogen) atoms. The number of benzene rings is 1. The second-order valence-electron chi connectivity index (χ2n) is 5.11. The number of rotatable bonds is 5. The van der Waals surface area contributed by atoms with E-state index in [0.717, 1.165) is 17.9 Å². The van der Waals surface area contributed by atoms with Crippen LogP contribution in [0.3, 0.4) is 0 Å². The summed E-state index contributed by atoms with van der Waals surface area (Å²) in [5.74, 6) is 0.789. The molecule has 1 aromatic rings. The molecule has 0 aromatic heterocycles. The van der Waals surface area contributed by atoms with Crippen molar-refractivity contribution in [2.24, 2.45) is 5.92 Å². The lowest BCUT2D eigenvalue weighted by Gasteiger charge is -2.23. The SMILES string of the molecule is CNC(Cc1ccc(OC)c(F)c1)C1CCCC1. The minimum Gasteiger partial charge on any atom is -0.494 e. The van der Waals surface area contributed by atoms with Crippen molar-refractivity contribution >= 4 is 0 Å². The van der Waals surface area contributed by atoms with E-state index in [9.17, 15) is 4.39 Å². The van der Waals surface area contributed by atoms with Crippen LogP contribution in [0.1, 0.15) is 31.2 Å². The first-order chi connectivity index (χ1) is 8.74. The molecule has 1 N–H and O–H groups in total. The molecular formula is C15H22FNO. The fourth-order valence-electron chi connectivity index (χ4n) is 2.95. The molecule has 1 saturated carbocycles. The van der Waals surface area contributed by atoms with E-state index in [1.165, 1.54) is 32.8 Å². The minimum atomic E-state index is -0.267. The highest BCUT2D eigenvalue weighted by Gasteiger charge is 2.24. The van der Waals surface area contributed by atoms with Gasteiger partial charge in [-0.05, 0) is 49.9 Å². The molecule has 0 amide bonds. The van der Waals surface area contributed by atoms with Crippen molar-refractivity contribution in [2.75, 3.05) is 14.2 Å². The van der Waals surface area contributed by atoms with Crippen LogP contribution in [-0.2, 0) is 6.42 Å². The van der Waals surface area contributed by atoms with Gasteiger partial charge in [0.15, 0.2) is 11.6 Å². The quantitative estimate of drug-likeness (QED) is 0.868. The Morgan fingerprint density at radius 1 is 1.39 bits per heavy atom. The van der Waals surface area contributed by atoms with Gasteiger partial charge in [-0.3, -0.25) is 0 Å². The zero-order valence-electron chi connectivity index (χ0n) is 11.2. The third-order valence-electron chi connectivity index (χ3n) is 4.01. The molecule has 100 valence electrons. The van der Waals surface area contributed by atoms with Gasteiger partial charge in [-0.1, -0.05) is 18.9 Å². The fraction of sp³-hybridized carbons (Fsp3) is 0.600. The molecule has 0 spiro atoms. The van der Waals surface area contributed by atoms with E-state index < -0.39 is 0 Å². The first-order valence-electron chi connectivity index (χ1n) is 6.74. The summed E-state index contributed by atoms with van der Waals surface area (Å²) in [6.07, 6.45) is 6.15. The van der Waals surface area contributed by atoms with Gasteiger partial charge >= 0.3 is 0 Å². The van der Waals surface area contributed by atoms with Crippen LogP contribution in [0, 0.1) is 11.7 Å². The summed E-state index contributed by atoms with van der Waals surface area (Å²) >= 11 is 0. The average Bonchev–Trinajstić information content (AvgIpc) is 2.90. The van der Waals surface area contributed by atoms with Crippen LogP contribution in [0.4, 0.5) is 4.39 Å². The number of halogens is 1. The predicted molar refractivity (Wildman–Crippen MR) is 71.5 cm³/mol. The molecular weight excluding hydrogens is 229 g/mol. The smallest absolute Gasteiger partial charge is 0.165 e. The number of methoxy groups -OCH3 is 1. The van der Waals surface area contributed by atoms with E-state index in [-0.39, 0.29) is 5.82 Å². The van der Waals surface area contributed by atoms with E-state index in [1.54, 1.807) is 12.1 Å². The summed E-state index contributed by atoms with van der Waals surface area (Å²) in [5.41, 5.74) is 1.04. The number of hydrogen-bond acceptors (Lipinski definition) is 2. The topological polar surface area (TPSA) is 21.3 Å². The van der Waals surface area contributed by atoms with Crippen LogP contribution < -0.4 is 10.1 Å². The van der Waals surface area contributed by atoms with Gasteiger partial charge in [0.1, 0.15) is 0 Å². The van der Waals surface area contributed by atoms with E-state index in [0.29, 0.717) is 11.8 Å². The molecule has 0 aliphatic heterocycles. The molecule has 1 aliphatic rings. The van der Waals surface area contributed by atoms with Crippen molar-refractivity contribution in [3.05, 3.63) is 29.6 Å². The third-order valence-corrected chi connectivity index (χ3v) is 4.01. The van der Waals surface area contributed by atoms with Crippen molar-refractivity contribution in [3.63, 3.8) is 0 Å². The summed E-state index contributed by atoms with van der Waals surface area (Å²) < 4.78 is 18.6. The van der Waals surface area contributed by atoms with Crippen molar-refractivity contribution in [1.29, 1.82) is 0 Å². The van der Waals surface area contributed by atoms with Crippen molar-refractivity contribution < 1.29 is 9.13 Å². The highest BCUT2D eigenvalue weighted by atomic mass is 19.1. The van der Waals surface area contributed by atoms with Gasteiger partial charge in [0.25, 0.3) is 0 Å². The van der Waals surface area contributed by atoms with Gasteiger partial charge in [0.05, 0.1) is 7.11 Å². The molecule has 1 aliphatic carbocycles. The molecule has 2 nitrogen and oxygen atoms in total. The monoisotopic (exact) mass is 251 g/mol. The number of hydrogen-bond donors (Lipinski definition) is 1. The Morgan fingerprint density at radius 3 is 2.67 bits per heavy atom. The lowest BCUT2D eigenvalue weighted by atomic mass is 9.92. The van der Waals surface area contributed by atoms with Crippen LogP contribution in [0.2, 0.25) is 0 Å². The summed E-state index contributed by atoms with van der Waals surface area (Å²) in [4.78, 5) is 0. The predicted octanol–water partition coefficient (Wildman–Crippen LogP) is 3.16. The first kappa shape index (κ1) is 13.3. The zero-order chi connectivity index (χ0) is 13.0. The number of nitrogens with one attached hydrogen (secondary N) is 1. The minimum absolute atomic E-state index is 0.267. The Morgan fingerprint density at radius 2 is 2.11 bits per heavy atom. The molecule has 1 atom stereocenters. The number of likely N-dealkylation sites (N-methyl/N-ethyl adjacent to an activating group) is 1. The Hall–Kier alpha value is -1.09. The molecule has 2 rings (SSSR count). The first-order valence-corrected chi connectivity index (χ1v) is 6.74. The fourth-order valence-corrected chi connectivity index (χ4v) is 2.95. The Kier molecular flexibility index (Phi) is 4.59. The molecule has 0 radical (unpaired) electrons. The summed E-state index contributed by atoms with van der Waals surface area (Å²) in [5, 5.41) is 3.39. The van der Waals surface area contributed by atoms with Crippen molar-refractivity contribution in [1.82, 2.24) is 5.32 Å². The normalized spacial score (nSPS) is 17.9. The summed E-state index contributed by atoms with van der Waals surface area (Å²) in [7, 11) is 3.50. The van der Waals surface area contributed by atoms with Crippen LogP contribution in [0.5, 0.6) is 5.75 Å². The molecule has 0 saturated heterocycles. The number of ether oxygens (including phenoxy) is 1. The molecule has 0 bridgehead atoms. The lowest BCUT2D eigenvalue weighted by molar-refractivity contribution is 0.373. The van der Waals surface area contributed by atoms with Crippen LogP contribution in [0.25, 0.3) is 0 Å². The Bertz CT molecular complexity index is 388. The zero-order valence-corrected chi connectivity index (χ0v) is 11.2. The molecule has 0 heterocycles. The molecule has 3 heteroatoms. The molecule has 1 fully saturated rings. The van der Waals surface area contributed by atoms with Gasteiger partial charge in [0.2, 0.25) is 0 Å². The molecule has 1 unspecified atom stereocenters. The average molecular weight is 251 g/mol. The van der Waals surface area contributed by atoms with Gasteiger partial charge in [-0.2, -0.15) is 0 Å². The Labute approximate surface area is 109 Å². The van der Waals surface area contributed by atoms with Gasteiger partial charge < -0.3 is 10.1 Å². The molecule has 1 aromatic carbocycles. The van der Waals surface area contributed by atoms with Crippen molar-refractivity contribution in [2.45, 2.75) is 38.1 Å². The van der Waals surface area contributed by atoms with E-state index >= 15 is 0 Å². The van der Waals surface area contributed by atoms with Crippen LogP contribution in [-0.4, -0.2) is 20.2 Å². The van der Waals surface area contributed by atoms with Crippen molar-refractivity contribution in [3.8, 4) is 5.75 Å². The second kappa shape index (κ2) is 6.19. The van der Waals surface area contributed by atoms with E-state index in [1.807, 2.05) is 13.1 Å². The van der Waals surface area contributed by atoms with E-state index in [2.05, 4.69) is 5.32 Å². The van der Waals surface area contributed by atoms with Crippen LogP contribution in [0.15, 0.2) is 18.2 Å². The summed E-state index contributed by atoms with van der Waals surface area (Å²) in [6.45, 7) is 0. The van der Waals surface area contributed by atoms with Gasteiger partial charge in [-0.25, -0.2) is 4.39 Å². The third kappa shape index (κ3) is 3.02. The second-order valence-corrected chi connectivity index (χ2v) is 5.11. The Balaban J connectivity index is 2.04. The summed E-state index contributed by atoms with van der Waals surface area (Å²) in [6, 6.07) is 5.73. The van der Waals surface area contributed by atoms with Gasteiger partial charge in [0, 0.05) is 6.04 Å². The highest BCUT2D eigenvalue weighted by molar-refractivity contribution is 5.29. The maximum Gasteiger partial charge on any atom is 0.165 e. The standard InChI is InChI=1S/C15H22FNO/c1-17-14(12-5-3-4-6-12)10-11-7-8-15(18-2)13(16)9-11/h7-9,12,14,17H,3-6,10H2,1-2H3. The van der Waals surface area contributed by atoms with E-state index in [4.69, 9.17) is 4.74 Å². The lowest BCUT2D eigenvalue weighted by Crippen LogP contribution is -2.34.